The normalized spacial score (nSPS) is 18.0. The molecule has 1 heterocycles. The van der Waals surface area contributed by atoms with Gasteiger partial charge in [-0.15, -0.1) is 0 Å². The monoisotopic (exact) mass is 421 g/mol. The van der Waals surface area contributed by atoms with Crippen LogP contribution < -0.4 is 16.5 Å². The highest BCUT2D eigenvalue weighted by atomic mass is 33.1. The minimum Gasteiger partial charge on any atom is -0.467 e. The first-order chi connectivity index (χ1) is 12.9. The summed E-state index contributed by atoms with van der Waals surface area (Å²) in [4.78, 5) is 37.9. The Morgan fingerprint density at radius 1 is 1.41 bits per heavy atom. The number of unbranched alkanes of at least 4 members (excludes halogenated alkanes) is 1. The summed E-state index contributed by atoms with van der Waals surface area (Å²) < 4.78 is 4.72. The van der Waals surface area contributed by atoms with Crippen LogP contribution in [0.3, 0.4) is 0 Å². The fraction of sp³-hybridized carbons (Fsp3) is 0.800. The van der Waals surface area contributed by atoms with Crippen LogP contribution in [0.2, 0.25) is 0 Å². The highest BCUT2D eigenvalue weighted by Crippen LogP contribution is 2.39. The quantitative estimate of drug-likeness (QED) is 0.0804. The summed E-state index contributed by atoms with van der Waals surface area (Å²) in [6.45, 7) is 0.188. The summed E-state index contributed by atoms with van der Waals surface area (Å²) in [7, 11) is 5.09. The average molecular weight is 422 g/mol. The number of aliphatic imine (C=N–C) groups is 1. The molecule has 1 amide bonds. The zero-order chi connectivity index (χ0) is 20.1. The Labute approximate surface area is 166 Å². The molecule has 0 bridgehead atoms. The van der Waals surface area contributed by atoms with Gasteiger partial charge in [0.25, 0.3) is 5.96 Å². The van der Waals surface area contributed by atoms with Gasteiger partial charge in [-0.3, -0.25) is 4.79 Å². The lowest BCUT2D eigenvalue weighted by atomic mass is 10.1. The molecule has 1 saturated heterocycles. The van der Waals surface area contributed by atoms with Gasteiger partial charge in [0.15, 0.2) is 5.03 Å². The summed E-state index contributed by atoms with van der Waals surface area (Å²) in [6, 6.07) is -0.760. The van der Waals surface area contributed by atoms with Gasteiger partial charge >= 0.3 is 5.97 Å². The fourth-order valence-corrected chi connectivity index (χ4v) is 5.53. The Morgan fingerprint density at radius 3 is 2.81 bits per heavy atom. The molecule has 154 valence electrons. The zero-order valence-corrected chi connectivity index (χ0v) is 17.0. The maximum atomic E-state index is 12.1. The van der Waals surface area contributed by atoms with Crippen molar-refractivity contribution in [3.8, 4) is 0 Å². The van der Waals surface area contributed by atoms with E-state index in [0.29, 0.717) is 24.5 Å². The summed E-state index contributed by atoms with van der Waals surface area (Å²) in [5.74, 6) is 0.187. The molecule has 4 N–H and O–H groups in total. The number of guanidine groups is 1. The molecule has 0 aromatic carbocycles. The minimum atomic E-state index is -0.805. The van der Waals surface area contributed by atoms with E-state index in [4.69, 9.17) is 10.5 Å². The number of nitro groups is 1. The molecule has 0 radical (unpaired) electrons. The minimum absolute atomic E-state index is 0.183. The topological polar surface area (TPSA) is 149 Å². The first kappa shape index (κ1) is 23.3. The van der Waals surface area contributed by atoms with E-state index in [2.05, 4.69) is 10.3 Å². The predicted molar refractivity (Wildman–Crippen MR) is 107 cm³/mol. The molecule has 0 aromatic heterocycles. The molecular weight excluding hydrogens is 394 g/mol. The molecule has 1 fully saturated rings. The van der Waals surface area contributed by atoms with Gasteiger partial charge in [0.05, 0.1) is 7.11 Å². The highest BCUT2D eigenvalue weighted by molar-refractivity contribution is 8.77. The number of nitrogens with zero attached hydrogens (tertiary/aromatic N) is 2. The summed E-state index contributed by atoms with van der Waals surface area (Å²) in [6.07, 6.45) is 5.22. The van der Waals surface area contributed by atoms with E-state index in [-0.39, 0.29) is 18.4 Å². The maximum Gasteiger partial charge on any atom is 0.328 e. The van der Waals surface area contributed by atoms with E-state index in [1.54, 1.807) is 5.43 Å². The molecule has 1 aliphatic rings. The largest absolute Gasteiger partial charge is 0.467 e. The Morgan fingerprint density at radius 2 is 2.19 bits per heavy atom. The summed E-state index contributed by atoms with van der Waals surface area (Å²) in [5, 5.41) is 12.8. The summed E-state index contributed by atoms with van der Waals surface area (Å²) >= 11 is 0. The highest BCUT2D eigenvalue weighted by Gasteiger charge is 2.21. The van der Waals surface area contributed by atoms with Gasteiger partial charge in [0, 0.05) is 24.0 Å². The van der Waals surface area contributed by atoms with Crippen LogP contribution >= 0.6 is 21.6 Å². The number of carbonyl (C=O) groups excluding carboxylic acids is 2. The molecule has 0 aromatic rings. The van der Waals surface area contributed by atoms with Gasteiger partial charge in [0.2, 0.25) is 5.91 Å². The number of hydrogen-bond donors (Lipinski definition) is 3. The second-order valence-corrected chi connectivity index (χ2v) is 8.78. The third-order valence-corrected chi connectivity index (χ3v) is 6.87. The number of nitrogens with two attached hydrogens (primary N) is 1. The second-order valence-electron chi connectivity index (χ2n) is 6.00. The number of hydrogen-bond acceptors (Lipinski definition) is 8. The Hall–Kier alpha value is -1.69. The molecule has 10 nitrogen and oxygen atoms in total. The third-order valence-electron chi connectivity index (χ3n) is 3.87. The van der Waals surface area contributed by atoms with Crippen LogP contribution in [0.25, 0.3) is 0 Å². The van der Waals surface area contributed by atoms with Gasteiger partial charge in [-0.2, -0.15) is 0 Å². The Balaban J connectivity index is 2.28. The lowest BCUT2D eigenvalue weighted by Gasteiger charge is -2.16. The van der Waals surface area contributed by atoms with E-state index in [1.165, 1.54) is 19.3 Å². The van der Waals surface area contributed by atoms with Crippen LogP contribution in [0.5, 0.6) is 0 Å². The molecule has 0 aliphatic carbocycles. The van der Waals surface area contributed by atoms with E-state index >= 15 is 0 Å². The van der Waals surface area contributed by atoms with Crippen LogP contribution in [-0.2, 0) is 14.3 Å². The smallest absolute Gasteiger partial charge is 0.328 e. The number of esters is 1. The van der Waals surface area contributed by atoms with Crippen molar-refractivity contribution in [1.29, 1.82) is 0 Å². The molecule has 1 rings (SSSR count). The molecule has 1 aliphatic heterocycles. The van der Waals surface area contributed by atoms with E-state index < -0.39 is 17.0 Å². The van der Waals surface area contributed by atoms with Gasteiger partial charge in [0.1, 0.15) is 6.04 Å². The number of carbonyl (C=O) groups is 2. The number of amides is 1. The predicted octanol–water partition coefficient (Wildman–Crippen LogP) is 1.23. The number of rotatable bonds is 12. The van der Waals surface area contributed by atoms with Gasteiger partial charge in [-0.1, -0.05) is 33.4 Å². The number of hydrazine groups is 1. The summed E-state index contributed by atoms with van der Waals surface area (Å²) in [5.41, 5.74) is 7.04. The van der Waals surface area contributed by atoms with E-state index in [1.807, 2.05) is 21.6 Å². The van der Waals surface area contributed by atoms with E-state index in [0.717, 1.165) is 19.3 Å². The SMILES string of the molecule is COC(=O)[C@H](CCCN=C(N)N[N+](=O)[O-])NC(=O)CCCCC1CCSS1. The number of methoxy groups -OCH3 is 1. The van der Waals surface area contributed by atoms with E-state index in [9.17, 15) is 19.7 Å². The second kappa shape index (κ2) is 13.5. The molecule has 12 heteroatoms. The Kier molecular flexibility index (Phi) is 11.7. The van der Waals surface area contributed by atoms with Crippen molar-refractivity contribution < 1.29 is 19.4 Å². The van der Waals surface area contributed by atoms with Crippen molar-refractivity contribution in [2.24, 2.45) is 10.7 Å². The zero-order valence-electron chi connectivity index (χ0n) is 15.3. The van der Waals surface area contributed by atoms with Crippen molar-refractivity contribution >= 4 is 39.4 Å². The molecule has 2 atom stereocenters. The van der Waals surface area contributed by atoms with Crippen LogP contribution in [0, 0.1) is 10.1 Å². The standard InChI is InChI=1S/C15H27N5O5S2/c1-25-14(22)12(6-4-9-17-15(16)19-20(23)24)18-13(21)7-3-2-5-11-8-10-26-27-11/h11-12H,2-10H2,1H3,(H,18,21)(H3,16,17,19)/t11?,12-/m0/s1. The van der Waals surface area contributed by atoms with Gasteiger partial charge in [-0.05, 0) is 32.1 Å². The van der Waals surface area contributed by atoms with Crippen molar-refractivity contribution in [2.75, 3.05) is 19.4 Å². The van der Waals surface area contributed by atoms with Crippen molar-refractivity contribution in [2.45, 2.75) is 56.2 Å². The molecular formula is C15H27N5O5S2. The van der Waals surface area contributed by atoms with Crippen LogP contribution in [-0.4, -0.2) is 53.6 Å². The molecule has 0 spiro atoms. The van der Waals surface area contributed by atoms with Crippen LogP contribution in [0.1, 0.15) is 44.9 Å². The van der Waals surface area contributed by atoms with Gasteiger partial charge in [-0.25, -0.2) is 19.9 Å². The van der Waals surface area contributed by atoms with Gasteiger partial charge < -0.3 is 15.8 Å². The molecule has 1 unspecified atom stereocenters. The number of nitrogens with one attached hydrogen (secondary N) is 2. The van der Waals surface area contributed by atoms with Crippen LogP contribution in [0.15, 0.2) is 4.99 Å². The Bertz CT molecular complexity index is 529. The van der Waals surface area contributed by atoms with Crippen molar-refractivity contribution in [3.05, 3.63) is 10.1 Å². The van der Waals surface area contributed by atoms with Crippen molar-refractivity contribution in [1.82, 2.24) is 10.7 Å². The lowest BCUT2D eigenvalue weighted by Crippen LogP contribution is -2.41. The maximum absolute atomic E-state index is 12.1. The molecule has 27 heavy (non-hydrogen) atoms. The fourth-order valence-electron chi connectivity index (χ4n) is 2.50. The van der Waals surface area contributed by atoms with Crippen LogP contribution in [0.4, 0.5) is 0 Å². The third kappa shape index (κ3) is 10.9. The number of ether oxygens (including phenoxy) is 1. The first-order valence-corrected chi connectivity index (χ1v) is 11.2. The molecule has 0 saturated carbocycles. The lowest BCUT2D eigenvalue weighted by molar-refractivity contribution is -0.525. The average Bonchev–Trinajstić information content (AvgIpc) is 3.13. The van der Waals surface area contributed by atoms with Crippen molar-refractivity contribution in [3.63, 3.8) is 0 Å². The first-order valence-electron chi connectivity index (χ1n) is 8.78.